The topological polar surface area (TPSA) is 88.5 Å². The maximum atomic E-state index is 10.8. The molecule has 1 heterocycles. The summed E-state index contributed by atoms with van der Waals surface area (Å²) < 4.78 is 5.45. The number of aromatic carboxylic acids is 1. The predicted octanol–water partition coefficient (Wildman–Crippen LogP) is 2.52. The molecule has 0 saturated carbocycles. The minimum Gasteiger partial charge on any atom is -0.478 e. The van der Waals surface area contributed by atoms with Crippen LogP contribution in [0.3, 0.4) is 0 Å². The highest BCUT2D eigenvalue weighted by Crippen LogP contribution is 2.20. The Morgan fingerprint density at radius 3 is 2.74 bits per heavy atom. The number of benzene rings is 1. The van der Waals surface area contributed by atoms with Gasteiger partial charge in [0, 0.05) is 13.0 Å². The van der Waals surface area contributed by atoms with Crippen LogP contribution in [-0.2, 0) is 6.42 Å². The van der Waals surface area contributed by atoms with Crippen LogP contribution in [0.5, 0.6) is 0 Å². The standard InChI is InChI=1S/C14H16N2O3/c1-9-2-4-11(19-9)6-7-16-13-5-3-10(14(17)18)8-12(13)15/h2-5,8,16H,6-7,15H2,1H3,(H,17,18). The molecule has 0 atom stereocenters. The number of hydrogen-bond donors (Lipinski definition) is 3. The zero-order valence-corrected chi connectivity index (χ0v) is 10.6. The van der Waals surface area contributed by atoms with Crippen LogP contribution < -0.4 is 11.1 Å². The molecule has 0 spiro atoms. The van der Waals surface area contributed by atoms with Crippen molar-refractivity contribution in [3.63, 3.8) is 0 Å². The molecule has 5 heteroatoms. The van der Waals surface area contributed by atoms with Crippen molar-refractivity contribution >= 4 is 17.3 Å². The maximum Gasteiger partial charge on any atom is 0.335 e. The molecule has 2 aromatic rings. The summed E-state index contributed by atoms with van der Waals surface area (Å²) in [6.07, 6.45) is 0.744. The molecule has 5 nitrogen and oxygen atoms in total. The van der Waals surface area contributed by atoms with Crippen molar-refractivity contribution in [2.45, 2.75) is 13.3 Å². The van der Waals surface area contributed by atoms with Gasteiger partial charge in [0.15, 0.2) is 0 Å². The van der Waals surface area contributed by atoms with Crippen molar-refractivity contribution in [1.82, 2.24) is 0 Å². The summed E-state index contributed by atoms with van der Waals surface area (Å²) in [5, 5.41) is 12.0. The minimum atomic E-state index is -0.982. The van der Waals surface area contributed by atoms with E-state index in [0.717, 1.165) is 23.6 Å². The van der Waals surface area contributed by atoms with Gasteiger partial charge in [-0.25, -0.2) is 4.79 Å². The van der Waals surface area contributed by atoms with Crippen LogP contribution in [0.4, 0.5) is 11.4 Å². The highest BCUT2D eigenvalue weighted by atomic mass is 16.4. The molecule has 100 valence electrons. The van der Waals surface area contributed by atoms with Crippen molar-refractivity contribution in [1.29, 1.82) is 0 Å². The molecule has 0 aliphatic carbocycles. The highest BCUT2D eigenvalue weighted by Gasteiger charge is 2.06. The van der Waals surface area contributed by atoms with Crippen LogP contribution >= 0.6 is 0 Å². The Morgan fingerprint density at radius 1 is 1.37 bits per heavy atom. The smallest absolute Gasteiger partial charge is 0.335 e. The predicted molar refractivity (Wildman–Crippen MR) is 73.5 cm³/mol. The first-order valence-electron chi connectivity index (χ1n) is 5.98. The number of nitrogens with two attached hydrogens (primary N) is 1. The summed E-state index contributed by atoms with van der Waals surface area (Å²) in [6, 6.07) is 8.51. The van der Waals surface area contributed by atoms with Gasteiger partial charge in [0.1, 0.15) is 11.5 Å². The number of furan rings is 1. The first-order chi connectivity index (χ1) is 9.06. The van der Waals surface area contributed by atoms with E-state index in [9.17, 15) is 4.79 Å². The minimum absolute atomic E-state index is 0.185. The molecule has 0 fully saturated rings. The summed E-state index contributed by atoms with van der Waals surface area (Å²) in [7, 11) is 0. The van der Waals surface area contributed by atoms with Crippen molar-refractivity contribution in [2.24, 2.45) is 0 Å². The molecule has 0 aliphatic rings. The lowest BCUT2D eigenvalue weighted by atomic mass is 10.1. The van der Waals surface area contributed by atoms with Crippen LogP contribution in [-0.4, -0.2) is 17.6 Å². The number of carboxylic acid groups (broad SMARTS) is 1. The van der Waals surface area contributed by atoms with E-state index in [1.807, 2.05) is 19.1 Å². The molecule has 0 aliphatic heterocycles. The van der Waals surface area contributed by atoms with E-state index in [1.165, 1.54) is 12.1 Å². The summed E-state index contributed by atoms with van der Waals surface area (Å²) in [5.41, 5.74) is 7.13. The highest BCUT2D eigenvalue weighted by molar-refractivity contribution is 5.90. The zero-order chi connectivity index (χ0) is 13.8. The van der Waals surface area contributed by atoms with Gasteiger partial charge in [-0.2, -0.15) is 0 Å². The fourth-order valence-corrected chi connectivity index (χ4v) is 1.80. The molecule has 0 bridgehead atoms. The molecule has 1 aromatic heterocycles. The number of carbonyl (C=O) groups is 1. The van der Waals surface area contributed by atoms with E-state index in [1.54, 1.807) is 6.07 Å². The summed E-state index contributed by atoms with van der Waals surface area (Å²) in [5.74, 6) is 0.815. The zero-order valence-electron chi connectivity index (χ0n) is 10.6. The van der Waals surface area contributed by atoms with Gasteiger partial charge in [0.05, 0.1) is 16.9 Å². The summed E-state index contributed by atoms with van der Waals surface area (Å²) >= 11 is 0. The van der Waals surface area contributed by atoms with Crippen LogP contribution in [0.15, 0.2) is 34.7 Å². The van der Waals surface area contributed by atoms with Crippen LogP contribution in [0.1, 0.15) is 21.9 Å². The first-order valence-corrected chi connectivity index (χ1v) is 5.98. The van der Waals surface area contributed by atoms with Crippen molar-refractivity contribution in [2.75, 3.05) is 17.6 Å². The Morgan fingerprint density at radius 2 is 2.16 bits per heavy atom. The Kier molecular flexibility index (Phi) is 3.75. The Hall–Kier alpha value is -2.43. The maximum absolute atomic E-state index is 10.8. The second kappa shape index (κ2) is 5.48. The Labute approximate surface area is 111 Å². The molecule has 19 heavy (non-hydrogen) atoms. The molecular formula is C14H16N2O3. The van der Waals surface area contributed by atoms with Gasteiger partial charge < -0.3 is 20.6 Å². The number of hydrogen-bond acceptors (Lipinski definition) is 4. The van der Waals surface area contributed by atoms with Crippen molar-refractivity contribution in [3.05, 3.63) is 47.4 Å². The van der Waals surface area contributed by atoms with Crippen molar-refractivity contribution < 1.29 is 14.3 Å². The summed E-state index contributed by atoms with van der Waals surface area (Å²) in [4.78, 5) is 10.8. The molecule has 0 amide bonds. The van der Waals surface area contributed by atoms with Gasteiger partial charge in [-0.1, -0.05) is 0 Å². The summed E-state index contributed by atoms with van der Waals surface area (Å²) in [6.45, 7) is 2.57. The molecular weight excluding hydrogens is 244 g/mol. The second-order valence-corrected chi connectivity index (χ2v) is 4.30. The van der Waals surface area contributed by atoms with Gasteiger partial charge in [-0.3, -0.25) is 0 Å². The molecule has 0 radical (unpaired) electrons. The number of nitrogen functional groups attached to an aromatic ring is 1. The van der Waals surface area contributed by atoms with Crippen molar-refractivity contribution in [3.8, 4) is 0 Å². The lowest BCUT2D eigenvalue weighted by Crippen LogP contribution is -2.07. The van der Waals surface area contributed by atoms with Crippen LogP contribution in [0.2, 0.25) is 0 Å². The van der Waals surface area contributed by atoms with Crippen LogP contribution in [0, 0.1) is 6.92 Å². The van der Waals surface area contributed by atoms with Gasteiger partial charge in [0.25, 0.3) is 0 Å². The monoisotopic (exact) mass is 260 g/mol. The average molecular weight is 260 g/mol. The molecule has 0 unspecified atom stereocenters. The quantitative estimate of drug-likeness (QED) is 0.719. The van der Waals surface area contributed by atoms with E-state index in [0.29, 0.717) is 12.2 Å². The normalized spacial score (nSPS) is 10.4. The third-order valence-electron chi connectivity index (χ3n) is 2.78. The Bertz CT molecular complexity index is 590. The number of carboxylic acids is 1. The van der Waals surface area contributed by atoms with E-state index in [-0.39, 0.29) is 5.56 Å². The molecule has 1 aromatic carbocycles. The molecule has 4 N–H and O–H groups in total. The van der Waals surface area contributed by atoms with Gasteiger partial charge in [0.2, 0.25) is 0 Å². The van der Waals surface area contributed by atoms with E-state index in [4.69, 9.17) is 15.3 Å². The number of nitrogens with one attached hydrogen (secondary N) is 1. The first kappa shape index (κ1) is 13.0. The van der Waals surface area contributed by atoms with Crippen LogP contribution in [0.25, 0.3) is 0 Å². The second-order valence-electron chi connectivity index (χ2n) is 4.30. The number of aryl methyl sites for hydroxylation is 1. The number of anilines is 2. The molecule has 0 saturated heterocycles. The third-order valence-corrected chi connectivity index (χ3v) is 2.78. The Balaban J connectivity index is 1.94. The third kappa shape index (κ3) is 3.28. The largest absolute Gasteiger partial charge is 0.478 e. The van der Waals surface area contributed by atoms with Gasteiger partial charge >= 0.3 is 5.97 Å². The lowest BCUT2D eigenvalue weighted by molar-refractivity contribution is 0.0697. The fourth-order valence-electron chi connectivity index (χ4n) is 1.80. The van der Waals surface area contributed by atoms with Gasteiger partial charge in [-0.15, -0.1) is 0 Å². The molecule has 2 rings (SSSR count). The number of rotatable bonds is 5. The fraction of sp³-hybridized carbons (Fsp3) is 0.214. The van der Waals surface area contributed by atoms with E-state index >= 15 is 0 Å². The lowest BCUT2D eigenvalue weighted by Gasteiger charge is -2.09. The van der Waals surface area contributed by atoms with E-state index < -0.39 is 5.97 Å². The average Bonchev–Trinajstić information content (AvgIpc) is 2.77. The SMILES string of the molecule is Cc1ccc(CCNc2ccc(C(=O)O)cc2N)o1. The van der Waals surface area contributed by atoms with Gasteiger partial charge in [-0.05, 0) is 37.3 Å². The van der Waals surface area contributed by atoms with E-state index in [2.05, 4.69) is 5.32 Å².